The lowest BCUT2D eigenvalue weighted by Crippen LogP contribution is -2.55. The van der Waals surface area contributed by atoms with E-state index in [0.29, 0.717) is 31.0 Å². The number of nitrogens with two attached hydrogens (primary N) is 1. The molecule has 1 aliphatic rings. The predicted molar refractivity (Wildman–Crippen MR) is 145 cm³/mol. The summed E-state index contributed by atoms with van der Waals surface area (Å²) in [5.74, 6) is -2.53. The summed E-state index contributed by atoms with van der Waals surface area (Å²) in [6.07, 6.45) is 0.757. The van der Waals surface area contributed by atoms with E-state index in [4.69, 9.17) is 32.3 Å². The van der Waals surface area contributed by atoms with E-state index < -0.39 is 35.9 Å². The molecule has 0 aliphatic carbocycles. The minimum atomic E-state index is -0.738. The summed E-state index contributed by atoms with van der Waals surface area (Å²) >= 11 is 5.28. The van der Waals surface area contributed by atoms with Gasteiger partial charge in [-0.3, -0.25) is 19.2 Å². The topological polar surface area (TPSA) is 207 Å². The van der Waals surface area contributed by atoms with E-state index >= 15 is 0 Å². The molecule has 226 valence electrons. The molecule has 1 saturated heterocycles. The van der Waals surface area contributed by atoms with E-state index in [-0.39, 0.29) is 68.4 Å². The van der Waals surface area contributed by atoms with Gasteiger partial charge in [-0.2, -0.15) is 0 Å². The fraction of sp³-hybridized carbons (Fsp3) is 0.708. The first-order valence-corrected chi connectivity index (χ1v) is 13.4. The molecule has 0 saturated carbocycles. The van der Waals surface area contributed by atoms with Crippen LogP contribution in [0.1, 0.15) is 52.9 Å². The van der Waals surface area contributed by atoms with Gasteiger partial charge in [-0.25, -0.2) is 9.59 Å². The molecule has 1 fully saturated rings. The van der Waals surface area contributed by atoms with Gasteiger partial charge < -0.3 is 41.3 Å². The van der Waals surface area contributed by atoms with Crippen molar-refractivity contribution in [2.75, 3.05) is 39.5 Å². The van der Waals surface area contributed by atoms with E-state index in [0.717, 1.165) is 0 Å². The molecule has 1 rings (SSSR count). The molecule has 0 aromatic rings. The number of rotatable bonds is 19. The summed E-state index contributed by atoms with van der Waals surface area (Å²) in [7, 11) is 0. The Hall–Kier alpha value is -3.37. The first-order chi connectivity index (χ1) is 18.9. The minimum Gasteiger partial charge on any atom is -0.378 e. The van der Waals surface area contributed by atoms with Crippen molar-refractivity contribution in [2.24, 2.45) is 11.7 Å². The number of nitrogens with one attached hydrogen (secondary N) is 4. The highest BCUT2D eigenvalue weighted by Crippen LogP contribution is 2.12. The number of Topliss-reactive ketones (excluding diaryl/α,β-unsaturated/α-hetero) is 1. The molecular formula is C24H40N6O9S. The van der Waals surface area contributed by atoms with Crippen molar-refractivity contribution in [3.63, 3.8) is 0 Å². The van der Waals surface area contributed by atoms with Crippen molar-refractivity contribution in [1.29, 1.82) is 0 Å². The molecule has 1 aliphatic heterocycles. The van der Waals surface area contributed by atoms with Crippen LogP contribution < -0.4 is 27.0 Å². The maximum absolute atomic E-state index is 12.8. The molecule has 1 heterocycles. The number of carbonyl (C=O) groups is 6. The number of nitrogens with zero attached hydrogens (tertiary/aromatic N) is 1. The Balaban J connectivity index is 2.22. The van der Waals surface area contributed by atoms with Gasteiger partial charge in [0.2, 0.25) is 5.91 Å². The highest BCUT2D eigenvalue weighted by Gasteiger charge is 2.32. The van der Waals surface area contributed by atoms with Gasteiger partial charge in [0.25, 0.3) is 11.8 Å². The van der Waals surface area contributed by atoms with E-state index in [2.05, 4.69) is 21.3 Å². The number of hydrogen-bond donors (Lipinski definition) is 5. The largest absolute Gasteiger partial charge is 0.378 e. The van der Waals surface area contributed by atoms with Crippen molar-refractivity contribution in [3.8, 4) is 0 Å². The molecule has 0 radical (unpaired) electrons. The predicted octanol–water partition coefficient (Wildman–Crippen LogP) is -0.972. The smallest absolute Gasteiger partial charge is 0.335 e. The van der Waals surface area contributed by atoms with Crippen LogP contribution in [0.15, 0.2) is 0 Å². The second-order valence-electron chi connectivity index (χ2n) is 9.25. The third-order valence-corrected chi connectivity index (χ3v) is 5.83. The highest BCUT2D eigenvalue weighted by molar-refractivity contribution is 7.80. The Morgan fingerprint density at radius 3 is 2.15 bits per heavy atom. The number of hydroxylamine groups is 2. The summed E-state index contributed by atoms with van der Waals surface area (Å²) in [5, 5.41) is 11.8. The molecular weight excluding hydrogens is 548 g/mol. The average molecular weight is 589 g/mol. The number of hydrogen-bond acceptors (Lipinski definition) is 10. The van der Waals surface area contributed by atoms with Crippen LogP contribution in [0, 0.1) is 5.92 Å². The van der Waals surface area contributed by atoms with Gasteiger partial charge in [0.05, 0.1) is 38.9 Å². The highest BCUT2D eigenvalue weighted by atomic mass is 32.1. The quantitative estimate of drug-likeness (QED) is 0.0701. The third-order valence-electron chi connectivity index (χ3n) is 5.57. The van der Waals surface area contributed by atoms with E-state index in [1.54, 1.807) is 0 Å². The summed E-state index contributed by atoms with van der Waals surface area (Å²) < 4.78 is 10.7. The molecule has 5 amide bonds. The van der Waals surface area contributed by atoms with Gasteiger partial charge in [-0.1, -0.05) is 13.8 Å². The van der Waals surface area contributed by atoms with Crippen molar-refractivity contribution in [1.82, 2.24) is 26.3 Å². The molecule has 0 unspecified atom stereocenters. The zero-order valence-corrected chi connectivity index (χ0v) is 23.9. The Labute approximate surface area is 238 Å². The first-order valence-electron chi connectivity index (χ1n) is 13.0. The molecule has 0 aromatic carbocycles. The van der Waals surface area contributed by atoms with Crippen LogP contribution in [0.2, 0.25) is 0 Å². The van der Waals surface area contributed by atoms with Gasteiger partial charge >= 0.3 is 12.0 Å². The van der Waals surface area contributed by atoms with Crippen LogP contribution in [0.3, 0.4) is 0 Å². The maximum atomic E-state index is 12.8. The van der Waals surface area contributed by atoms with E-state index in [9.17, 15) is 28.8 Å². The number of urea groups is 1. The molecule has 0 aromatic heterocycles. The zero-order chi connectivity index (χ0) is 30.1. The molecule has 40 heavy (non-hydrogen) atoms. The normalized spacial score (nSPS) is 14.4. The van der Waals surface area contributed by atoms with Crippen molar-refractivity contribution >= 4 is 52.8 Å². The summed E-state index contributed by atoms with van der Waals surface area (Å²) in [6.45, 7) is 6.50. The Morgan fingerprint density at radius 1 is 0.950 bits per heavy atom. The second-order valence-corrected chi connectivity index (χ2v) is 9.66. The van der Waals surface area contributed by atoms with Crippen LogP contribution in [0.5, 0.6) is 0 Å². The first kappa shape index (κ1) is 34.7. The lowest BCUT2D eigenvalue weighted by molar-refractivity contribution is -0.198. The zero-order valence-electron chi connectivity index (χ0n) is 23.1. The number of thiocarbonyl (C=S) groups is 1. The fourth-order valence-electron chi connectivity index (χ4n) is 3.40. The van der Waals surface area contributed by atoms with Gasteiger partial charge in [0, 0.05) is 25.9 Å². The SMILES string of the molecule is CC(=O)[C@H](CCCNC(N)=O)NC(=O)[C@@H](NC(=S)NCCOCCOCCC(=O)ON1C(=O)CCC1=O)C(C)C. The second kappa shape index (κ2) is 18.8. The van der Waals surface area contributed by atoms with Crippen molar-refractivity contribution < 1.29 is 43.1 Å². The van der Waals surface area contributed by atoms with Crippen LogP contribution in [-0.4, -0.2) is 97.3 Å². The van der Waals surface area contributed by atoms with Crippen molar-refractivity contribution in [3.05, 3.63) is 0 Å². The van der Waals surface area contributed by atoms with Gasteiger partial charge in [-0.05, 0) is 37.9 Å². The molecule has 16 heteroatoms. The van der Waals surface area contributed by atoms with Gasteiger partial charge in [0.1, 0.15) is 6.04 Å². The lowest BCUT2D eigenvalue weighted by Gasteiger charge is -2.26. The minimum absolute atomic E-state index is 0.0326. The number of imide groups is 1. The molecule has 0 spiro atoms. The Kier molecular flexibility index (Phi) is 16.3. The van der Waals surface area contributed by atoms with Crippen LogP contribution in [0.4, 0.5) is 4.79 Å². The molecule has 6 N–H and O–H groups in total. The Bertz CT molecular complexity index is 901. The summed E-state index contributed by atoms with van der Waals surface area (Å²) in [4.78, 5) is 74.8. The van der Waals surface area contributed by atoms with Crippen LogP contribution in [0.25, 0.3) is 0 Å². The molecule has 2 atom stereocenters. The maximum Gasteiger partial charge on any atom is 0.335 e. The average Bonchev–Trinajstić information content (AvgIpc) is 3.19. The monoisotopic (exact) mass is 588 g/mol. The van der Waals surface area contributed by atoms with Crippen LogP contribution in [-0.2, 0) is 38.3 Å². The lowest BCUT2D eigenvalue weighted by atomic mass is 10.0. The number of amides is 5. The van der Waals surface area contributed by atoms with Crippen molar-refractivity contribution in [2.45, 2.75) is 65.0 Å². The van der Waals surface area contributed by atoms with E-state index in [1.165, 1.54) is 6.92 Å². The number of ketones is 1. The summed E-state index contributed by atoms with van der Waals surface area (Å²) in [5.41, 5.74) is 5.02. The Morgan fingerprint density at radius 2 is 1.57 bits per heavy atom. The third kappa shape index (κ3) is 14.1. The molecule has 0 bridgehead atoms. The van der Waals surface area contributed by atoms with Gasteiger partial charge in [0.15, 0.2) is 10.9 Å². The number of primary amides is 1. The number of carbonyl (C=O) groups excluding carboxylic acids is 6. The van der Waals surface area contributed by atoms with E-state index in [1.807, 2.05) is 13.8 Å². The standard InChI is InChI=1S/C24H40N6O9S/c1-15(2)21(22(35)28-17(16(3)31)5-4-9-26-23(25)36)29-24(40)27-10-12-38-14-13-37-11-8-20(34)39-30-18(32)6-7-19(30)33/h15,17,21H,4-14H2,1-3H3,(H,28,35)(H3,25,26,36)(H2,27,29,40)/t17-,21-/m0/s1. The van der Waals surface area contributed by atoms with Crippen LogP contribution >= 0.6 is 12.2 Å². The fourth-order valence-corrected chi connectivity index (χ4v) is 3.63. The molecule has 15 nitrogen and oxygen atoms in total. The van der Waals surface area contributed by atoms with Gasteiger partial charge in [-0.15, -0.1) is 5.06 Å². The summed E-state index contributed by atoms with van der Waals surface area (Å²) in [6, 6.07) is -2.04. The number of ether oxygens (including phenoxy) is 2.